The molecule has 0 aliphatic carbocycles. The van der Waals surface area contributed by atoms with Crippen LogP contribution < -0.4 is 5.32 Å². The average molecular weight is 275 g/mol. The minimum Gasteiger partial charge on any atom is -0.393 e. The number of aromatic nitrogens is 1. The third-order valence-corrected chi connectivity index (χ3v) is 2.85. The van der Waals surface area contributed by atoms with Gasteiger partial charge in [0.1, 0.15) is 11.4 Å². The fraction of sp³-hybridized carbons (Fsp3) is 0.500. The maximum absolute atomic E-state index is 9.56. The molecule has 0 radical (unpaired) electrons. The maximum Gasteiger partial charge on any atom is 0.126 e. The number of aryl methyl sites for hydroxylation is 1. The van der Waals surface area contributed by atoms with Crippen molar-refractivity contribution in [3.8, 4) is 0 Å². The summed E-state index contributed by atoms with van der Waals surface area (Å²) in [5.74, 6) is 0.685. The summed E-state index contributed by atoms with van der Waals surface area (Å²) in [4.78, 5) is 4.26. The molecule has 0 fully saturated rings. The van der Waals surface area contributed by atoms with Crippen molar-refractivity contribution >= 4 is 21.7 Å². The lowest BCUT2D eigenvalue weighted by Gasteiger charge is -2.21. The van der Waals surface area contributed by atoms with Crippen LogP contribution >= 0.6 is 15.9 Å². The molecule has 0 amide bonds. The molecule has 0 saturated carbocycles. The second-order valence-corrected chi connectivity index (χ2v) is 4.63. The molecule has 3 N–H and O–H groups in total. The number of rotatable bonds is 4. The zero-order valence-electron chi connectivity index (χ0n) is 8.79. The van der Waals surface area contributed by atoms with Crippen molar-refractivity contribution in [2.75, 3.05) is 18.5 Å². The zero-order valence-corrected chi connectivity index (χ0v) is 10.4. The van der Waals surface area contributed by atoms with E-state index in [0.717, 1.165) is 10.2 Å². The van der Waals surface area contributed by atoms with E-state index in [1.54, 1.807) is 6.92 Å². The van der Waals surface area contributed by atoms with Crippen molar-refractivity contribution in [3.63, 3.8) is 0 Å². The predicted molar refractivity (Wildman–Crippen MR) is 62.9 cm³/mol. The van der Waals surface area contributed by atoms with Gasteiger partial charge in [0.2, 0.25) is 0 Å². The summed E-state index contributed by atoms with van der Waals surface area (Å²) in [6.45, 7) is 3.43. The molecule has 1 heterocycles. The lowest BCUT2D eigenvalue weighted by atomic mass is 10.1. The minimum absolute atomic E-state index is 0.261. The minimum atomic E-state index is -1.12. The SMILES string of the molecule is Cc1nc(NCC(C)(O)CO)ccc1Br. The molecule has 0 aromatic carbocycles. The van der Waals surface area contributed by atoms with Crippen molar-refractivity contribution in [2.24, 2.45) is 0 Å². The van der Waals surface area contributed by atoms with Gasteiger partial charge >= 0.3 is 0 Å². The van der Waals surface area contributed by atoms with E-state index in [1.165, 1.54) is 0 Å². The molecule has 0 saturated heterocycles. The summed E-state index contributed by atoms with van der Waals surface area (Å²) in [6.07, 6.45) is 0. The summed E-state index contributed by atoms with van der Waals surface area (Å²) in [5, 5.41) is 21.4. The van der Waals surface area contributed by atoms with Gasteiger partial charge in [0.15, 0.2) is 0 Å². The second-order valence-electron chi connectivity index (χ2n) is 3.77. The molecule has 4 nitrogen and oxygen atoms in total. The Labute approximate surface area is 97.5 Å². The maximum atomic E-state index is 9.56. The molecule has 5 heteroatoms. The van der Waals surface area contributed by atoms with Gasteiger partial charge < -0.3 is 15.5 Å². The summed E-state index contributed by atoms with van der Waals surface area (Å²) < 4.78 is 0.946. The van der Waals surface area contributed by atoms with E-state index in [2.05, 4.69) is 26.2 Å². The average Bonchev–Trinajstić information content (AvgIpc) is 2.20. The quantitative estimate of drug-likeness (QED) is 0.775. The van der Waals surface area contributed by atoms with Gasteiger partial charge in [-0.25, -0.2) is 4.98 Å². The van der Waals surface area contributed by atoms with Crippen LogP contribution in [0.5, 0.6) is 0 Å². The van der Waals surface area contributed by atoms with E-state index in [-0.39, 0.29) is 13.2 Å². The van der Waals surface area contributed by atoms with Gasteiger partial charge in [-0.2, -0.15) is 0 Å². The van der Waals surface area contributed by atoms with E-state index in [1.807, 2.05) is 19.1 Å². The van der Waals surface area contributed by atoms with E-state index >= 15 is 0 Å². The molecule has 1 unspecified atom stereocenters. The normalized spacial score (nSPS) is 14.7. The highest BCUT2D eigenvalue weighted by molar-refractivity contribution is 9.10. The molecule has 0 bridgehead atoms. The van der Waals surface area contributed by atoms with Crippen LogP contribution in [-0.4, -0.2) is 33.9 Å². The fourth-order valence-electron chi connectivity index (χ4n) is 0.979. The Bertz CT molecular complexity index is 342. The molecule has 1 rings (SSSR count). The second kappa shape index (κ2) is 4.92. The topological polar surface area (TPSA) is 65.4 Å². The van der Waals surface area contributed by atoms with Gasteiger partial charge in [0.25, 0.3) is 0 Å². The van der Waals surface area contributed by atoms with Crippen molar-refractivity contribution < 1.29 is 10.2 Å². The van der Waals surface area contributed by atoms with E-state index in [4.69, 9.17) is 5.11 Å². The Morgan fingerprint density at radius 2 is 2.20 bits per heavy atom. The first kappa shape index (κ1) is 12.4. The van der Waals surface area contributed by atoms with Crippen LogP contribution in [-0.2, 0) is 0 Å². The van der Waals surface area contributed by atoms with E-state index in [9.17, 15) is 5.11 Å². The number of nitrogens with zero attached hydrogens (tertiary/aromatic N) is 1. The van der Waals surface area contributed by atoms with Gasteiger partial charge in [0, 0.05) is 11.0 Å². The lowest BCUT2D eigenvalue weighted by molar-refractivity contribution is 0.0131. The number of pyridine rings is 1. The number of aliphatic hydroxyl groups excluding tert-OH is 1. The van der Waals surface area contributed by atoms with Crippen LogP contribution in [0.4, 0.5) is 5.82 Å². The lowest BCUT2D eigenvalue weighted by Crippen LogP contribution is -2.37. The Hall–Kier alpha value is -0.650. The van der Waals surface area contributed by atoms with Crippen LogP contribution in [0.25, 0.3) is 0 Å². The van der Waals surface area contributed by atoms with Gasteiger partial charge in [-0.3, -0.25) is 0 Å². The fourth-order valence-corrected chi connectivity index (χ4v) is 1.20. The Kier molecular flexibility index (Phi) is 4.07. The largest absolute Gasteiger partial charge is 0.393 e. The molecule has 1 aromatic heterocycles. The Morgan fingerprint density at radius 3 is 2.73 bits per heavy atom. The summed E-state index contributed by atoms with van der Waals surface area (Å²) in [7, 11) is 0. The first-order valence-electron chi connectivity index (χ1n) is 4.65. The number of anilines is 1. The number of halogens is 1. The van der Waals surface area contributed by atoms with Crippen molar-refractivity contribution in [1.82, 2.24) is 4.98 Å². The van der Waals surface area contributed by atoms with Crippen LogP contribution in [0.2, 0.25) is 0 Å². The smallest absolute Gasteiger partial charge is 0.126 e. The van der Waals surface area contributed by atoms with Gasteiger partial charge in [-0.1, -0.05) is 0 Å². The monoisotopic (exact) mass is 274 g/mol. The molecule has 84 valence electrons. The molecule has 1 aromatic rings. The molecule has 0 aliphatic heterocycles. The molecule has 1 atom stereocenters. The van der Waals surface area contributed by atoms with E-state index in [0.29, 0.717) is 5.82 Å². The molecule has 0 aliphatic rings. The molecule has 0 spiro atoms. The van der Waals surface area contributed by atoms with Gasteiger partial charge in [-0.05, 0) is 41.9 Å². The Balaban J connectivity index is 2.62. The van der Waals surface area contributed by atoms with Crippen LogP contribution in [0.1, 0.15) is 12.6 Å². The third kappa shape index (κ3) is 3.77. The standard InChI is InChI=1S/C10H15BrN2O2/c1-7-8(11)3-4-9(13-7)12-5-10(2,15)6-14/h3-4,14-15H,5-6H2,1-2H3,(H,12,13). The first-order valence-corrected chi connectivity index (χ1v) is 5.44. The summed E-state index contributed by atoms with van der Waals surface area (Å²) >= 11 is 3.35. The summed E-state index contributed by atoms with van der Waals surface area (Å²) in [6, 6.07) is 3.70. The first-order chi connectivity index (χ1) is 6.94. The highest BCUT2D eigenvalue weighted by Crippen LogP contribution is 2.16. The number of hydrogen-bond acceptors (Lipinski definition) is 4. The highest BCUT2D eigenvalue weighted by atomic mass is 79.9. The molecular weight excluding hydrogens is 260 g/mol. The van der Waals surface area contributed by atoms with Crippen molar-refractivity contribution in [1.29, 1.82) is 0 Å². The highest BCUT2D eigenvalue weighted by Gasteiger charge is 2.18. The summed E-state index contributed by atoms with van der Waals surface area (Å²) in [5.41, 5.74) is -0.244. The van der Waals surface area contributed by atoms with E-state index < -0.39 is 5.60 Å². The number of nitrogens with one attached hydrogen (secondary N) is 1. The van der Waals surface area contributed by atoms with Crippen LogP contribution in [0, 0.1) is 6.92 Å². The van der Waals surface area contributed by atoms with Crippen LogP contribution in [0.3, 0.4) is 0 Å². The third-order valence-electron chi connectivity index (χ3n) is 2.01. The van der Waals surface area contributed by atoms with Gasteiger partial charge in [-0.15, -0.1) is 0 Å². The predicted octanol–water partition coefficient (Wildman–Crippen LogP) is 1.31. The van der Waals surface area contributed by atoms with Crippen LogP contribution in [0.15, 0.2) is 16.6 Å². The van der Waals surface area contributed by atoms with Crippen molar-refractivity contribution in [2.45, 2.75) is 19.4 Å². The molecule has 15 heavy (non-hydrogen) atoms. The van der Waals surface area contributed by atoms with Crippen molar-refractivity contribution in [3.05, 3.63) is 22.3 Å². The molecular formula is C10H15BrN2O2. The van der Waals surface area contributed by atoms with Gasteiger partial charge in [0.05, 0.1) is 12.3 Å². The Morgan fingerprint density at radius 1 is 1.53 bits per heavy atom. The number of hydrogen-bond donors (Lipinski definition) is 3. The number of aliphatic hydroxyl groups is 2. The zero-order chi connectivity index (χ0) is 11.5.